The van der Waals surface area contributed by atoms with E-state index in [1.54, 1.807) is 0 Å². The second kappa shape index (κ2) is 4.47. The van der Waals surface area contributed by atoms with Gasteiger partial charge in [0, 0.05) is 13.1 Å². The van der Waals surface area contributed by atoms with Gasteiger partial charge in [0.15, 0.2) is 0 Å². The van der Waals surface area contributed by atoms with Crippen LogP contribution in [-0.2, 0) is 4.74 Å². The minimum Gasteiger partial charge on any atom is -0.371 e. The SMILES string of the molecule is CN1CCOC(c2ccc3ccccc3c2)C1. The van der Waals surface area contributed by atoms with Crippen LogP contribution in [0.15, 0.2) is 42.5 Å². The average Bonchev–Trinajstić information content (AvgIpc) is 2.38. The van der Waals surface area contributed by atoms with Crippen LogP contribution in [0, 0.1) is 0 Å². The molecule has 1 unspecified atom stereocenters. The zero-order valence-electron chi connectivity index (χ0n) is 10.1. The molecule has 1 heterocycles. The first-order valence-electron chi connectivity index (χ1n) is 6.12. The fraction of sp³-hybridized carbons (Fsp3) is 0.333. The summed E-state index contributed by atoms with van der Waals surface area (Å²) in [6.45, 7) is 2.84. The Morgan fingerprint density at radius 1 is 1.12 bits per heavy atom. The molecule has 0 amide bonds. The molecular formula is C15H17NO. The quantitative estimate of drug-likeness (QED) is 0.742. The molecule has 2 aromatic rings. The van der Waals surface area contributed by atoms with Crippen LogP contribution in [0.1, 0.15) is 11.7 Å². The molecule has 1 aliphatic heterocycles. The molecule has 88 valence electrons. The van der Waals surface area contributed by atoms with Crippen molar-refractivity contribution in [2.45, 2.75) is 6.10 Å². The maximum absolute atomic E-state index is 5.84. The van der Waals surface area contributed by atoms with Gasteiger partial charge in [-0.15, -0.1) is 0 Å². The van der Waals surface area contributed by atoms with Crippen molar-refractivity contribution in [3.63, 3.8) is 0 Å². The van der Waals surface area contributed by atoms with Crippen LogP contribution < -0.4 is 0 Å². The van der Waals surface area contributed by atoms with Gasteiger partial charge >= 0.3 is 0 Å². The van der Waals surface area contributed by atoms with Crippen LogP contribution in [0.3, 0.4) is 0 Å². The van der Waals surface area contributed by atoms with Gasteiger partial charge in [0.1, 0.15) is 0 Å². The lowest BCUT2D eigenvalue weighted by atomic mass is 10.0. The number of hydrogen-bond donors (Lipinski definition) is 0. The van der Waals surface area contributed by atoms with E-state index < -0.39 is 0 Å². The van der Waals surface area contributed by atoms with E-state index in [1.165, 1.54) is 16.3 Å². The first-order chi connectivity index (χ1) is 8.33. The minimum atomic E-state index is 0.221. The molecular weight excluding hydrogens is 210 g/mol. The van der Waals surface area contributed by atoms with Gasteiger partial charge in [0.25, 0.3) is 0 Å². The van der Waals surface area contributed by atoms with Gasteiger partial charge in [-0.25, -0.2) is 0 Å². The molecule has 3 rings (SSSR count). The summed E-state index contributed by atoms with van der Waals surface area (Å²) in [5, 5.41) is 2.59. The number of nitrogens with zero attached hydrogens (tertiary/aromatic N) is 1. The molecule has 2 nitrogen and oxygen atoms in total. The minimum absolute atomic E-state index is 0.221. The van der Waals surface area contributed by atoms with Crippen LogP contribution in [0.25, 0.3) is 10.8 Å². The second-order valence-corrected chi connectivity index (χ2v) is 4.73. The van der Waals surface area contributed by atoms with E-state index in [-0.39, 0.29) is 6.10 Å². The standard InChI is InChI=1S/C15H17NO/c1-16-8-9-17-15(11-16)14-7-6-12-4-2-3-5-13(12)10-14/h2-7,10,15H,8-9,11H2,1H3. The summed E-state index contributed by atoms with van der Waals surface area (Å²) in [5.74, 6) is 0. The van der Waals surface area contributed by atoms with Crippen molar-refractivity contribution in [1.29, 1.82) is 0 Å². The normalized spacial score (nSPS) is 21.8. The molecule has 1 saturated heterocycles. The molecule has 2 heteroatoms. The largest absolute Gasteiger partial charge is 0.371 e. The predicted octanol–water partition coefficient (Wildman–Crippen LogP) is 2.84. The van der Waals surface area contributed by atoms with Crippen LogP contribution in [0.5, 0.6) is 0 Å². The van der Waals surface area contributed by atoms with E-state index in [4.69, 9.17) is 4.74 Å². The van der Waals surface area contributed by atoms with Crippen molar-refractivity contribution >= 4 is 10.8 Å². The fourth-order valence-corrected chi connectivity index (χ4v) is 2.39. The number of hydrogen-bond acceptors (Lipinski definition) is 2. The van der Waals surface area contributed by atoms with Crippen molar-refractivity contribution in [2.24, 2.45) is 0 Å². The zero-order valence-corrected chi connectivity index (χ0v) is 10.1. The highest BCUT2D eigenvalue weighted by Crippen LogP contribution is 2.25. The first-order valence-corrected chi connectivity index (χ1v) is 6.12. The summed E-state index contributed by atoms with van der Waals surface area (Å²) in [5.41, 5.74) is 1.29. The number of likely N-dealkylation sites (N-methyl/N-ethyl adjacent to an activating group) is 1. The average molecular weight is 227 g/mol. The molecule has 17 heavy (non-hydrogen) atoms. The molecule has 1 atom stereocenters. The summed E-state index contributed by atoms with van der Waals surface area (Å²) in [6.07, 6.45) is 0.221. The highest BCUT2D eigenvalue weighted by molar-refractivity contribution is 5.83. The molecule has 0 spiro atoms. The summed E-state index contributed by atoms with van der Waals surface area (Å²) in [4.78, 5) is 2.32. The number of fused-ring (bicyclic) bond motifs is 1. The van der Waals surface area contributed by atoms with E-state index >= 15 is 0 Å². The van der Waals surface area contributed by atoms with Gasteiger partial charge in [-0.1, -0.05) is 36.4 Å². The Labute approximate surface area is 102 Å². The van der Waals surface area contributed by atoms with E-state index in [1.807, 2.05) is 0 Å². The number of ether oxygens (including phenoxy) is 1. The molecule has 0 aromatic heterocycles. The van der Waals surface area contributed by atoms with E-state index in [9.17, 15) is 0 Å². The summed E-state index contributed by atoms with van der Waals surface area (Å²) in [7, 11) is 2.15. The first kappa shape index (κ1) is 10.8. The third kappa shape index (κ3) is 2.19. The summed E-state index contributed by atoms with van der Waals surface area (Å²) >= 11 is 0. The topological polar surface area (TPSA) is 12.5 Å². The Bertz CT molecular complexity index is 523. The summed E-state index contributed by atoms with van der Waals surface area (Å²) in [6, 6.07) is 15.1. The zero-order chi connectivity index (χ0) is 11.7. The van der Waals surface area contributed by atoms with Crippen molar-refractivity contribution in [1.82, 2.24) is 4.90 Å². The van der Waals surface area contributed by atoms with Gasteiger partial charge in [0.2, 0.25) is 0 Å². The second-order valence-electron chi connectivity index (χ2n) is 4.73. The van der Waals surface area contributed by atoms with E-state index in [0.29, 0.717) is 0 Å². The van der Waals surface area contributed by atoms with Crippen molar-refractivity contribution in [3.8, 4) is 0 Å². The number of rotatable bonds is 1. The monoisotopic (exact) mass is 227 g/mol. The smallest absolute Gasteiger partial charge is 0.0952 e. The highest BCUT2D eigenvalue weighted by Gasteiger charge is 2.19. The van der Waals surface area contributed by atoms with Gasteiger partial charge in [-0.2, -0.15) is 0 Å². The van der Waals surface area contributed by atoms with Gasteiger partial charge in [0.05, 0.1) is 12.7 Å². The lowest BCUT2D eigenvalue weighted by Crippen LogP contribution is -2.35. The van der Waals surface area contributed by atoms with E-state index in [0.717, 1.165) is 19.7 Å². The van der Waals surface area contributed by atoms with Crippen LogP contribution in [0.4, 0.5) is 0 Å². The molecule has 1 aliphatic rings. The Balaban J connectivity index is 1.94. The molecule has 0 bridgehead atoms. The van der Waals surface area contributed by atoms with E-state index in [2.05, 4.69) is 54.4 Å². The molecule has 1 fully saturated rings. The maximum atomic E-state index is 5.84. The molecule has 0 saturated carbocycles. The predicted molar refractivity (Wildman–Crippen MR) is 70.1 cm³/mol. The Kier molecular flexibility index (Phi) is 2.83. The van der Waals surface area contributed by atoms with Gasteiger partial charge in [-0.3, -0.25) is 0 Å². The van der Waals surface area contributed by atoms with Gasteiger partial charge < -0.3 is 9.64 Å². The van der Waals surface area contributed by atoms with Crippen LogP contribution >= 0.6 is 0 Å². The third-order valence-electron chi connectivity index (χ3n) is 3.41. The lowest BCUT2D eigenvalue weighted by Gasteiger charge is -2.30. The molecule has 0 N–H and O–H groups in total. The highest BCUT2D eigenvalue weighted by atomic mass is 16.5. The van der Waals surface area contributed by atoms with Crippen molar-refractivity contribution in [3.05, 3.63) is 48.0 Å². The number of morpholine rings is 1. The molecule has 0 aliphatic carbocycles. The van der Waals surface area contributed by atoms with Crippen LogP contribution in [-0.4, -0.2) is 31.6 Å². The van der Waals surface area contributed by atoms with Crippen molar-refractivity contribution < 1.29 is 4.74 Å². The fourth-order valence-electron chi connectivity index (χ4n) is 2.39. The van der Waals surface area contributed by atoms with Crippen molar-refractivity contribution in [2.75, 3.05) is 26.7 Å². The summed E-state index contributed by atoms with van der Waals surface area (Å²) < 4.78 is 5.84. The number of benzene rings is 2. The Morgan fingerprint density at radius 3 is 2.76 bits per heavy atom. The molecule has 2 aromatic carbocycles. The molecule has 0 radical (unpaired) electrons. The van der Waals surface area contributed by atoms with Crippen LogP contribution in [0.2, 0.25) is 0 Å². The van der Waals surface area contributed by atoms with Gasteiger partial charge in [-0.05, 0) is 29.4 Å². The third-order valence-corrected chi connectivity index (χ3v) is 3.41. The lowest BCUT2D eigenvalue weighted by molar-refractivity contribution is -0.0208. The maximum Gasteiger partial charge on any atom is 0.0952 e. The Morgan fingerprint density at radius 2 is 1.94 bits per heavy atom. The Hall–Kier alpha value is -1.38.